The van der Waals surface area contributed by atoms with Crippen LogP contribution in [0.2, 0.25) is 10.0 Å². The van der Waals surface area contributed by atoms with E-state index in [-0.39, 0.29) is 0 Å². The zero-order valence-electron chi connectivity index (χ0n) is 13.2. The monoisotopic (exact) mass is 377 g/mol. The second-order valence-corrected chi connectivity index (χ2v) is 7.19. The molecule has 0 saturated carbocycles. The minimum atomic E-state index is 0.654. The number of aromatic nitrogens is 2. The number of hydrogen-bond donors (Lipinski definition) is 1. The van der Waals surface area contributed by atoms with E-state index >= 15 is 0 Å². The molecule has 0 amide bonds. The molecule has 1 aromatic heterocycles. The molecule has 24 heavy (non-hydrogen) atoms. The van der Waals surface area contributed by atoms with Crippen LogP contribution in [0.3, 0.4) is 0 Å². The van der Waals surface area contributed by atoms with Crippen molar-refractivity contribution in [3.8, 4) is 0 Å². The Balaban J connectivity index is 1.53. The van der Waals surface area contributed by atoms with E-state index in [9.17, 15) is 0 Å². The largest absolute Gasteiger partial charge is 0.360 e. The van der Waals surface area contributed by atoms with Crippen LogP contribution in [0.5, 0.6) is 0 Å². The number of anilines is 1. The van der Waals surface area contributed by atoms with Gasteiger partial charge >= 0.3 is 0 Å². The molecule has 3 nitrogen and oxygen atoms in total. The van der Waals surface area contributed by atoms with E-state index in [0.717, 1.165) is 35.9 Å². The smallest absolute Gasteiger partial charge is 0.202 e. The number of benzene rings is 2. The van der Waals surface area contributed by atoms with Gasteiger partial charge in [0.15, 0.2) is 0 Å². The molecule has 124 valence electrons. The molecule has 0 aliphatic heterocycles. The van der Waals surface area contributed by atoms with Gasteiger partial charge in [-0.1, -0.05) is 59.1 Å². The summed E-state index contributed by atoms with van der Waals surface area (Å²) in [6.07, 6.45) is 1.56. The van der Waals surface area contributed by atoms with Gasteiger partial charge in [-0.3, -0.25) is 0 Å². The second kappa shape index (κ2) is 7.97. The Labute approximate surface area is 155 Å². The normalized spacial score (nSPS) is 10.8. The average Bonchev–Trinajstić information content (AvgIpc) is 2.99. The summed E-state index contributed by atoms with van der Waals surface area (Å²) in [5.41, 5.74) is 3.55. The van der Waals surface area contributed by atoms with Crippen molar-refractivity contribution in [1.82, 2.24) is 9.36 Å². The van der Waals surface area contributed by atoms with Crippen LogP contribution < -0.4 is 5.32 Å². The highest BCUT2D eigenvalue weighted by Crippen LogP contribution is 2.21. The maximum atomic E-state index is 6.18. The first-order chi connectivity index (χ1) is 11.6. The minimum Gasteiger partial charge on any atom is -0.360 e. The van der Waals surface area contributed by atoms with Gasteiger partial charge < -0.3 is 5.32 Å². The average molecular weight is 378 g/mol. The number of aryl methyl sites for hydroxylation is 1. The molecule has 0 saturated heterocycles. The van der Waals surface area contributed by atoms with Gasteiger partial charge in [0.05, 0.1) is 0 Å². The fourth-order valence-electron chi connectivity index (χ4n) is 2.31. The predicted molar refractivity (Wildman–Crippen MR) is 103 cm³/mol. The van der Waals surface area contributed by atoms with Crippen LogP contribution >= 0.6 is 34.7 Å². The van der Waals surface area contributed by atoms with E-state index in [0.29, 0.717) is 10.0 Å². The number of rotatable bonds is 6. The van der Waals surface area contributed by atoms with Crippen molar-refractivity contribution < 1.29 is 0 Å². The van der Waals surface area contributed by atoms with E-state index in [1.807, 2.05) is 12.1 Å². The molecule has 0 fully saturated rings. The van der Waals surface area contributed by atoms with Gasteiger partial charge in [-0.15, -0.1) is 0 Å². The quantitative estimate of drug-likeness (QED) is 0.624. The minimum absolute atomic E-state index is 0.654. The Morgan fingerprint density at radius 3 is 2.62 bits per heavy atom. The molecule has 0 spiro atoms. The lowest BCUT2D eigenvalue weighted by Crippen LogP contribution is -2.05. The van der Waals surface area contributed by atoms with Gasteiger partial charge in [0.25, 0.3) is 0 Å². The molecule has 0 atom stereocenters. The summed E-state index contributed by atoms with van der Waals surface area (Å²) in [4.78, 5) is 4.54. The Morgan fingerprint density at radius 2 is 1.88 bits per heavy atom. The van der Waals surface area contributed by atoms with Gasteiger partial charge in [-0.2, -0.15) is 4.37 Å². The van der Waals surface area contributed by atoms with E-state index in [1.165, 1.54) is 22.7 Å². The fourth-order valence-corrected chi connectivity index (χ4v) is 3.43. The molecule has 0 aliphatic carbocycles. The lowest BCUT2D eigenvalue weighted by Gasteiger charge is -2.05. The topological polar surface area (TPSA) is 37.8 Å². The number of halogens is 2. The molecule has 1 N–H and O–H groups in total. The molecule has 3 aromatic rings. The summed E-state index contributed by atoms with van der Waals surface area (Å²) in [5, 5.41) is 5.49. The van der Waals surface area contributed by atoms with Crippen LogP contribution in [0.15, 0.2) is 42.5 Å². The van der Waals surface area contributed by atoms with Gasteiger partial charge in [0.1, 0.15) is 5.82 Å². The SMILES string of the molecule is Cc1ccc(Cc2nsc(NCCc3ccc(Cl)cc3Cl)n2)cc1. The van der Waals surface area contributed by atoms with Crippen molar-refractivity contribution in [2.75, 3.05) is 11.9 Å². The van der Waals surface area contributed by atoms with Crippen LogP contribution in [-0.2, 0) is 12.8 Å². The number of nitrogens with zero attached hydrogens (tertiary/aromatic N) is 2. The van der Waals surface area contributed by atoms with E-state index in [4.69, 9.17) is 23.2 Å². The molecule has 2 aromatic carbocycles. The Kier molecular flexibility index (Phi) is 5.72. The Bertz CT molecular complexity index is 815. The lowest BCUT2D eigenvalue weighted by molar-refractivity contribution is 0.995. The first-order valence-electron chi connectivity index (χ1n) is 7.66. The van der Waals surface area contributed by atoms with Crippen molar-refractivity contribution in [2.45, 2.75) is 19.8 Å². The highest BCUT2D eigenvalue weighted by molar-refractivity contribution is 7.09. The molecular formula is C18H17Cl2N3S. The summed E-state index contributed by atoms with van der Waals surface area (Å²) in [6.45, 7) is 2.83. The first kappa shape index (κ1) is 17.2. The molecule has 1 heterocycles. The summed E-state index contributed by atoms with van der Waals surface area (Å²) in [5.74, 6) is 0.843. The van der Waals surface area contributed by atoms with Crippen molar-refractivity contribution in [3.63, 3.8) is 0 Å². The lowest BCUT2D eigenvalue weighted by atomic mass is 10.1. The molecule has 0 aliphatic rings. The molecule has 0 unspecified atom stereocenters. The maximum Gasteiger partial charge on any atom is 0.202 e. The van der Waals surface area contributed by atoms with Gasteiger partial charge in [0.2, 0.25) is 5.13 Å². The molecule has 0 radical (unpaired) electrons. The first-order valence-corrected chi connectivity index (χ1v) is 9.19. The highest BCUT2D eigenvalue weighted by atomic mass is 35.5. The van der Waals surface area contributed by atoms with Crippen LogP contribution in [0, 0.1) is 6.92 Å². The summed E-state index contributed by atoms with van der Waals surface area (Å²) >= 11 is 13.5. The van der Waals surface area contributed by atoms with Crippen LogP contribution in [0.1, 0.15) is 22.5 Å². The highest BCUT2D eigenvalue weighted by Gasteiger charge is 2.06. The molecule has 3 rings (SSSR count). The van der Waals surface area contributed by atoms with E-state index < -0.39 is 0 Å². The number of nitrogens with one attached hydrogen (secondary N) is 1. The molecule has 0 bridgehead atoms. The van der Waals surface area contributed by atoms with Crippen LogP contribution in [0.4, 0.5) is 5.13 Å². The van der Waals surface area contributed by atoms with Crippen molar-refractivity contribution in [1.29, 1.82) is 0 Å². The fraction of sp³-hybridized carbons (Fsp3) is 0.222. The van der Waals surface area contributed by atoms with Crippen molar-refractivity contribution in [3.05, 3.63) is 75.0 Å². The zero-order chi connectivity index (χ0) is 16.9. The standard InChI is InChI=1S/C18H17Cl2N3S/c1-12-2-4-13(5-3-12)10-17-22-18(24-23-17)21-9-8-14-6-7-15(19)11-16(14)20/h2-7,11H,8-10H2,1H3,(H,21,22,23). The van der Waals surface area contributed by atoms with Crippen molar-refractivity contribution in [2.24, 2.45) is 0 Å². The summed E-state index contributed by atoms with van der Waals surface area (Å²) < 4.78 is 4.41. The summed E-state index contributed by atoms with van der Waals surface area (Å²) in [6, 6.07) is 14.0. The van der Waals surface area contributed by atoms with E-state index in [2.05, 4.69) is 45.9 Å². The van der Waals surface area contributed by atoms with E-state index in [1.54, 1.807) is 6.07 Å². The van der Waals surface area contributed by atoms with Gasteiger partial charge in [-0.25, -0.2) is 4.98 Å². The Hall–Kier alpha value is -1.62. The van der Waals surface area contributed by atoms with Gasteiger partial charge in [0, 0.05) is 34.5 Å². The summed E-state index contributed by atoms with van der Waals surface area (Å²) in [7, 11) is 0. The third-order valence-corrected chi connectivity index (χ3v) is 4.93. The number of hydrogen-bond acceptors (Lipinski definition) is 4. The molecule has 6 heteroatoms. The maximum absolute atomic E-state index is 6.18. The molecular weight excluding hydrogens is 361 g/mol. The van der Waals surface area contributed by atoms with Gasteiger partial charge in [-0.05, 0) is 36.6 Å². The predicted octanol–water partition coefficient (Wildman–Crippen LogP) is 5.40. The zero-order valence-corrected chi connectivity index (χ0v) is 15.5. The Morgan fingerprint density at radius 1 is 1.08 bits per heavy atom. The van der Waals surface area contributed by atoms with Crippen LogP contribution in [0.25, 0.3) is 0 Å². The third kappa shape index (κ3) is 4.69. The second-order valence-electron chi connectivity index (χ2n) is 5.59. The third-order valence-electron chi connectivity index (χ3n) is 3.64. The van der Waals surface area contributed by atoms with Crippen molar-refractivity contribution >= 4 is 39.9 Å². The van der Waals surface area contributed by atoms with Crippen LogP contribution in [-0.4, -0.2) is 15.9 Å².